The van der Waals surface area contributed by atoms with Crippen LogP contribution in [-0.4, -0.2) is 37.7 Å². The summed E-state index contributed by atoms with van der Waals surface area (Å²) in [5.74, 6) is -2.62. The Kier molecular flexibility index (Phi) is 2.59. The minimum atomic E-state index is -1.36. The molecule has 2 unspecified atom stereocenters. The number of rotatable bonds is 1. The minimum absolute atomic E-state index is 0.162. The Bertz CT molecular complexity index is 539. The highest BCUT2D eigenvalue weighted by Crippen LogP contribution is 2.39. The van der Waals surface area contributed by atoms with E-state index in [-0.39, 0.29) is 11.4 Å². The molecule has 2 N–H and O–H groups in total. The van der Waals surface area contributed by atoms with Crippen LogP contribution in [0.4, 0.5) is 0 Å². The molecule has 0 spiro atoms. The molecule has 0 bridgehead atoms. The highest BCUT2D eigenvalue weighted by Gasteiger charge is 2.51. The Labute approximate surface area is 104 Å². The van der Waals surface area contributed by atoms with Gasteiger partial charge in [-0.15, -0.1) is 0 Å². The molecule has 98 valence electrons. The van der Waals surface area contributed by atoms with Crippen molar-refractivity contribution in [3.05, 3.63) is 11.3 Å². The van der Waals surface area contributed by atoms with E-state index in [9.17, 15) is 19.8 Å². The van der Waals surface area contributed by atoms with Gasteiger partial charge in [0, 0.05) is 0 Å². The smallest absolute Gasteiger partial charge is 0.228 e. The van der Waals surface area contributed by atoms with Crippen LogP contribution in [0.1, 0.15) is 37.9 Å². The summed E-state index contributed by atoms with van der Waals surface area (Å²) in [5, 5.41) is 23.8. The molecule has 1 aliphatic carbocycles. The van der Waals surface area contributed by atoms with Gasteiger partial charge in [-0.1, -0.05) is 0 Å². The summed E-state index contributed by atoms with van der Waals surface area (Å²) in [7, 11) is 0. The molecule has 6 heteroatoms. The van der Waals surface area contributed by atoms with Crippen LogP contribution in [0.15, 0.2) is 0 Å². The first-order chi connectivity index (χ1) is 8.16. The molecule has 1 aliphatic rings. The summed E-state index contributed by atoms with van der Waals surface area (Å²) in [5.41, 5.74) is 0.254. The van der Waals surface area contributed by atoms with Gasteiger partial charge in [0.25, 0.3) is 0 Å². The lowest BCUT2D eigenvalue weighted by Gasteiger charge is -2.29. The molecular formula is C12H16N2O4. The zero-order chi connectivity index (χ0) is 13.8. The van der Waals surface area contributed by atoms with E-state index < -0.39 is 29.1 Å². The topological polar surface area (TPSA) is 92.4 Å². The second kappa shape index (κ2) is 3.65. The number of aromatic hydroxyl groups is 1. The summed E-state index contributed by atoms with van der Waals surface area (Å²) in [6.07, 6.45) is -1.36. The minimum Gasteiger partial charge on any atom is -0.493 e. The number of carbonyl (C=O) groups is 2. The lowest BCUT2D eigenvalue weighted by molar-refractivity contribution is -0.154. The Morgan fingerprint density at radius 1 is 1.22 bits per heavy atom. The van der Waals surface area contributed by atoms with Gasteiger partial charge in [-0.2, -0.15) is 5.10 Å². The molecule has 0 aromatic carbocycles. The molecule has 0 radical (unpaired) electrons. The maximum absolute atomic E-state index is 11.5. The van der Waals surface area contributed by atoms with Gasteiger partial charge >= 0.3 is 0 Å². The summed E-state index contributed by atoms with van der Waals surface area (Å²) in [6, 6.07) is 0. The van der Waals surface area contributed by atoms with Crippen LogP contribution in [0, 0.1) is 6.92 Å². The number of aromatic nitrogens is 2. The average Bonchev–Trinajstić information content (AvgIpc) is 2.56. The normalized spacial score (nSPS) is 24.3. The number of nitrogens with zero attached hydrogens (tertiary/aromatic N) is 2. The van der Waals surface area contributed by atoms with Crippen LogP contribution >= 0.6 is 0 Å². The van der Waals surface area contributed by atoms with E-state index in [1.807, 2.05) is 20.8 Å². The van der Waals surface area contributed by atoms with E-state index in [1.165, 1.54) is 4.68 Å². The molecule has 1 aromatic heterocycles. The molecule has 0 amide bonds. The molecule has 1 saturated carbocycles. The fourth-order valence-electron chi connectivity index (χ4n) is 2.15. The van der Waals surface area contributed by atoms with Gasteiger partial charge in [0.05, 0.1) is 22.7 Å². The second-order valence-electron chi connectivity index (χ2n) is 5.56. The van der Waals surface area contributed by atoms with Crippen molar-refractivity contribution < 1.29 is 19.8 Å². The van der Waals surface area contributed by atoms with Gasteiger partial charge in [0.1, 0.15) is 6.10 Å². The van der Waals surface area contributed by atoms with Crippen molar-refractivity contribution >= 4 is 11.6 Å². The fourth-order valence-corrected chi connectivity index (χ4v) is 2.15. The number of carbonyl (C=O) groups excluding carboxylic acids is 2. The number of aryl methyl sites for hydroxylation is 1. The van der Waals surface area contributed by atoms with Crippen molar-refractivity contribution in [2.75, 3.05) is 0 Å². The van der Waals surface area contributed by atoms with Crippen molar-refractivity contribution in [1.29, 1.82) is 0 Å². The number of hydrogen-bond donors (Lipinski definition) is 2. The molecule has 1 fully saturated rings. The quantitative estimate of drug-likeness (QED) is 0.699. The lowest BCUT2D eigenvalue weighted by Crippen LogP contribution is -2.51. The second-order valence-corrected chi connectivity index (χ2v) is 5.56. The first-order valence-electron chi connectivity index (χ1n) is 5.71. The van der Waals surface area contributed by atoms with Crippen LogP contribution in [0.25, 0.3) is 0 Å². The summed E-state index contributed by atoms with van der Waals surface area (Å²) in [4.78, 5) is 22.5. The highest BCUT2D eigenvalue weighted by molar-refractivity contribution is 6.48. The summed E-state index contributed by atoms with van der Waals surface area (Å²) in [6.45, 7) is 7.20. The molecule has 18 heavy (non-hydrogen) atoms. The Balaban J connectivity index is 2.51. The zero-order valence-electron chi connectivity index (χ0n) is 10.8. The summed E-state index contributed by atoms with van der Waals surface area (Å²) < 4.78 is 1.39. The van der Waals surface area contributed by atoms with E-state index in [0.717, 1.165) is 0 Å². The third kappa shape index (κ3) is 1.56. The van der Waals surface area contributed by atoms with Gasteiger partial charge in [-0.3, -0.25) is 9.59 Å². The SMILES string of the molecule is Cc1nn(C(C)(C)C)c(O)c1C1C(=O)C(=O)C1O. The van der Waals surface area contributed by atoms with Gasteiger partial charge in [-0.25, -0.2) is 4.68 Å². The van der Waals surface area contributed by atoms with Gasteiger partial charge in [0.15, 0.2) is 0 Å². The van der Waals surface area contributed by atoms with Crippen LogP contribution in [0.3, 0.4) is 0 Å². The summed E-state index contributed by atoms with van der Waals surface area (Å²) >= 11 is 0. The Morgan fingerprint density at radius 2 is 1.78 bits per heavy atom. The van der Waals surface area contributed by atoms with Gasteiger partial charge in [0.2, 0.25) is 17.4 Å². The molecule has 6 nitrogen and oxygen atoms in total. The van der Waals surface area contributed by atoms with Crippen LogP contribution in [0.2, 0.25) is 0 Å². The van der Waals surface area contributed by atoms with E-state index in [0.29, 0.717) is 5.69 Å². The van der Waals surface area contributed by atoms with Crippen molar-refractivity contribution in [2.24, 2.45) is 0 Å². The first kappa shape index (κ1) is 12.8. The van der Waals surface area contributed by atoms with Crippen LogP contribution in [-0.2, 0) is 15.1 Å². The first-order valence-corrected chi connectivity index (χ1v) is 5.71. The van der Waals surface area contributed by atoms with E-state index in [1.54, 1.807) is 6.92 Å². The van der Waals surface area contributed by atoms with Gasteiger partial charge < -0.3 is 10.2 Å². The number of aliphatic hydroxyl groups excluding tert-OH is 1. The largest absolute Gasteiger partial charge is 0.493 e. The molecule has 2 rings (SSSR count). The number of hydrogen-bond acceptors (Lipinski definition) is 5. The average molecular weight is 252 g/mol. The van der Waals surface area contributed by atoms with E-state index in [4.69, 9.17) is 0 Å². The van der Waals surface area contributed by atoms with E-state index >= 15 is 0 Å². The Hall–Kier alpha value is -1.69. The molecule has 0 saturated heterocycles. The van der Waals surface area contributed by atoms with Crippen LogP contribution in [0.5, 0.6) is 5.88 Å². The van der Waals surface area contributed by atoms with Gasteiger partial charge in [-0.05, 0) is 27.7 Å². The molecule has 1 heterocycles. The van der Waals surface area contributed by atoms with Crippen molar-refractivity contribution in [3.63, 3.8) is 0 Å². The zero-order valence-corrected chi connectivity index (χ0v) is 10.8. The molecular weight excluding hydrogens is 236 g/mol. The number of ketones is 2. The lowest BCUT2D eigenvalue weighted by atomic mass is 9.74. The third-order valence-electron chi connectivity index (χ3n) is 3.14. The monoisotopic (exact) mass is 252 g/mol. The highest BCUT2D eigenvalue weighted by atomic mass is 16.3. The number of Topliss-reactive ketones (excluding diaryl/α,β-unsaturated/α-hetero) is 2. The predicted octanol–water partition coefficient (Wildman–Crippen LogP) is 0.248. The van der Waals surface area contributed by atoms with Crippen molar-refractivity contribution in [2.45, 2.75) is 45.3 Å². The third-order valence-corrected chi connectivity index (χ3v) is 3.14. The Morgan fingerprint density at radius 3 is 2.17 bits per heavy atom. The maximum atomic E-state index is 11.5. The predicted molar refractivity (Wildman–Crippen MR) is 62.4 cm³/mol. The van der Waals surface area contributed by atoms with Crippen molar-refractivity contribution in [3.8, 4) is 5.88 Å². The molecule has 2 atom stereocenters. The van der Waals surface area contributed by atoms with Crippen molar-refractivity contribution in [1.82, 2.24) is 9.78 Å². The molecule has 1 aromatic rings. The molecule has 0 aliphatic heterocycles. The fraction of sp³-hybridized carbons (Fsp3) is 0.583. The standard InChI is InChI=1S/C12H16N2O4/c1-5-6(7-8(15)10(17)9(7)16)11(18)14(13-5)12(2,3)4/h7-8,15,18H,1-4H3. The number of aliphatic hydroxyl groups is 1. The van der Waals surface area contributed by atoms with Crippen LogP contribution < -0.4 is 0 Å². The van der Waals surface area contributed by atoms with E-state index in [2.05, 4.69) is 5.10 Å². The maximum Gasteiger partial charge on any atom is 0.228 e.